The van der Waals surface area contributed by atoms with E-state index in [1.807, 2.05) is 50.2 Å². The van der Waals surface area contributed by atoms with Crippen molar-refractivity contribution in [3.8, 4) is 6.07 Å². The van der Waals surface area contributed by atoms with E-state index in [0.717, 1.165) is 5.56 Å². The first-order chi connectivity index (χ1) is 10.5. The molecule has 0 bridgehead atoms. The van der Waals surface area contributed by atoms with Gasteiger partial charge in [-0.25, -0.2) is 13.1 Å². The molecule has 0 saturated carbocycles. The maximum atomic E-state index is 12.6. The Bertz CT molecular complexity index is 778. The van der Waals surface area contributed by atoms with Gasteiger partial charge in [0.1, 0.15) is 6.07 Å². The van der Waals surface area contributed by atoms with Gasteiger partial charge in [-0.1, -0.05) is 56.3 Å². The van der Waals surface area contributed by atoms with Crippen LogP contribution >= 0.6 is 0 Å². The standard InChI is InChI=1S/C17H18N2O2S/c1-13(2)17(14-8-4-3-5-9-14)19-22(20,21)16-11-7-6-10-15(16)12-18/h3-11,13,17,19H,1-2H3/t17-/m1/s1. The molecule has 2 aromatic carbocycles. The predicted molar refractivity (Wildman–Crippen MR) is 85.5 cm³/mol. The molecule has 22 heavy (non-hydrogen) atoms. The third kappa shape index (κ3) is 3.53. The van der Waals surface area contributed by atoms with E-state index in [2.05, 4.69) is 4.72 Å². The first kappa shape index (κ1) is 16.2. The molecule has 0 saturated heterocycles. The maximum absolute atomic E-state index is 12.6. The largest absolute Gasteiger partial charge is 0.242 e. The van der Waals surface area contributed by atoms with Crippen molar-refractivity contribution in [2.24, 2.45) is 5.92 Å². The number of benzene rings is 2. The number of rotatable bonds is 5. The zero-order valence-electron chi connectivity index (χ0n) is 12.5. The third-order valence-electron chi connectivity index (χ3n) is 3.40. The summed E-state index contributed by atoms with van der Waals surface area (Å²) in [5, 5.41) is 9.10. The lowest BCUT2D eigenvalue weighted by Gasteiger charge is -2.23. The first-order valence-electron chi connectivity index (χ1n) is 7.02. The second-order valence-corrected chi connectivity index (χ2v) is 7.04. The quantitative estimate of drug-likeness (QED) is 0.921. The second-order valence-electron chi connectivity index (χ2n) is 5.36. The van der Waals surface area contributed by atoms with E-state index < -0.39 is 10.0 Å². The summed E-state index contributed by atoms with van der Waals surface area (Å²) in [5.74, 6) is 0.0754. The number of nitrogens with zero attached hydrogens (tertiary/aromatic N) is 1. The first-order valence-corrected chi connectivity index (χ1v) is 8.50. The van der Waals surface area contributed by atoms with Gasteiger partial charge in [0, 0.05) is 6.04 Å². The molecule has 0 aliphatic heterocycles. The van der Waals surface area contributed by atoms with Crippen LogP contribution in [-0.4, -0.2) is 8.42 Å². The lowest BCUT2D eigenvalue weighted by atomic mass is 9.97. The Kier molecular flexibility index (Phi) is 4.96. The summed E-state index contributed by atoms with van der Waals surface area (Å²) in [6, 6.07) is 17.2. The Morgan fingerprint density at radius 3 is 2.18 bits per heavy atom. The summed E-state index contributed by atoms with van der Waals surface area (Å²) in [4.78, 5) is 0.0130. The van der Waals surface area contributed by atoms with Gasteiger partial charge >= 0.3 is 0 Å². The van der Waals surface area contributed by atoms with Crippen LogP contribution in [0.15, 0.2) is 59.5 Å². The lowest BCUT2D eigenvalue weighted by molar-refractivity contribution is 0.463. The molecule has 0 amide bonds. The number of nitrogens with one attached hydrogen (secondary N) is 1. The van der Waals surface area contributed by atoms with Crippen molar-refractivity contribution in [3.63, 3.8) is 0 Å². The summed E-state index contributed by atoms with van der Waals surface area (Å²) in [6.07, 6.45) is 0. The smallest absolute Gasteiger partial charge is 0.207 e. The van der Waals surface area contributed by atoms with Crippen LogP contribution in [0, 0.1) is 17.2 Å². The Balaban J connectivity index is 2.40. The van der Waals surface area contributed by atoms with Gasteiger partial charge < -0.3 is 0 Å². The van der Waals surface area contributed by atoms with Crippen LogP contribution in [0.1, 0.15) is 31.0 Å². The lowest BCUT2D eigenvalue weighted by Crippen LogP contribution is -2.32. The molecule has 114 valence electrons. The minimum Gasteiger partial charge on any atom is -0.207 e. The van der Waals surface area contributed by atoms with Gasteiger partial charge in [0.05, 0.1) is 10.5 Å². The predicted octanol–water partition coefficient (Wildman–Crippen LogP) is 3.23. The summed E-state index contributed by atoms with van der Waals surface area (Å²) in [7, 11) is -3.77. The van der Waals surface area contributed by atoms with Crippen molar-refractivity contribution in [3.05, 3.63) is 65.7 Å². The Morgan fingerprint density at radius 1 is 1.00 bits per heavy atom. The Labute approximate surface area is 131 Å². The van der Waals surface area contributed by atoms with Crippen LogP contribution in [-0.2, 0) is 10.0 Å². The molecular formula is C17H18N2O2S. The molecule has 0 heterocycles. The van der Waals surface area contributed by atoms with Crippen LogP contribution in [0.4, 0.5) is 0 Å². The van der Waals surface area contributed by atoms with Crippen molar-refractivity contribution in [1.82, 2.24) is 4.72 Å². The van der Waals surface area contributed by atoms with Gasteiger partial charge in [0.25, 0.3) is 0 Å². The molecule has 5 heteroatoms. The van der Waals surface area contributed by atoms with Gasteiger partial charge in [-0.05, 0) is 23.6 Å². The van der Waals surface area contributed by atoms with E-state index in [9.17, 15) is 8.42 Å². The van der Waals surface area contributed by atoms with Gasteiger partial charge in [0.15, 0.2) is 0 Å². The van der Waals surface area contributed by atoms with Gasteiger partial charge in [-0.15, -0.1) is 0 Å². The highest BCUT2D eigenvalue weighted by atomic mass is 32.2. The summed E-state index contributed by atoms with van der Waals surface area (Å²) >= 11 is 0. The summed E-state index contributed by atoms with van der Waals surface area (Å²) in [6.45, 7) is 3.91. The highest BCUT2D eigenvalue weighted by Gasteiger charge is 2.25. The molecule has 2 aromatic rings. The fourth-order valence-corrected chi connectivity index (χ4v) is 3.80. The number of hydrogen-bond acceptors (Lipinski definition) is 3. The molecule has 0 aromatic heterocycles. The van der Waals surface area contributed by atoms with E-state index in [4.69, 9.17) is 5.26 Å². The molecule has 2 rings (SSSR count). The van der Waals surface area contributed by atoms with Crippen molar-refractivity contribution in [1.29, 1.82) is 5.26 Å². The van der Waals surface area contributed by atoms with Crippen LogP contribution in [0.2, 0.25) is 0 Å². The third-order valence-corrected chi connectivity index (χ3v) is 4.90. The zero-order chi connectivity index (χ0) is 16.2. The molecule has 0 unspecified atom stereocenters. The van der Waals surface area contributed by atoms with Crippen molar-refractivity contribution in [2.45, 2.75) is 24.8 Å². The molecular weight excluding hydrogens is 296 g/mol. The van der Waals surface area contributed by atoms with Crippen LogP contribution in [0.5, 0.6) is 0 Å². The van der Waals surface area contributed by atoms with Crippen LogP contribution in [0.25, 0.3) is 0 Å². The maximum Gasteiger partial charge on any atom is 0.242 e. The topological polar surface area (TPSA) is 70.0 Å². The van der Waals surface area contributed by atoms with E-state index in [1.165, 1.54) is 12.1 Å². The fourth-order valence-electron chi connectivity index (χ4n) is 2.27. The Hall–Kier alpha value is -2.16. The van der Waals surface area contributed by atoms with Gasteiger partial charge in [-0.2, -0.15) is 5.26 Å². The SMILES string of the molecule is CC(C)[C@@H](NS(=O)(=O)c1ccccc1C#N)c1ccccc1. The highest BCUT2D eigenvalue weighted by Crippen LogP contribution is 2.25. The Morgan fingerprint density at radius 2 is 1.59 bits per heavy atom. The molecule has 1 N–H and O–H groups in total. The van der Waals surface area contributed by atoms with E-state index in [1.54, 1.807) is 12.1 Å². The van der Waals surface area contributed by atoms with E-state index >= 15 is 0 Å². The van der Waals surface area contributed by atoms with Gasteiger partial charge in [-0.3, -0.25) is 0 Å². The van der Waals surface area contributed by atoms with Crippen molar-refractivity contribution in [2.75, 3.05) is 0 Å². The normalized spacial score (nSPS) is 12.8. The zero-order valence-corrected chi connectivity index (χ0v) is 13.3. The number of hydrogen-bond donors (Lipinski definition) is 1. The average molecular weight is 314 g/mol. The fraction of sp³-hybridized carbons (Fsp3) is 0.235. The molecule has 0 fully saturated rings. The highest BCUT2D eigenvalue weighted by molar-refractivity contribution is 7.89. The minimum atomic E-state index is -3.77. The number of nitriles is 1. The van der Waals surface area contributed by atoms with Crippen LogP contribution in [0.3, 0.4) is 0 Å². The van der Waals surface area contributed by atoms with Gasteiger partial charge in [0.2, 0.25) is 10.0 Å². The molecule has 0 aliphatic rings. The second kappa shape index (κ2) is 6.73. The van der Waals surface area contributed by atoms with Crippen LogP contribution < -0.4 is 4.72 Å². The average Bonchev–Trinajstić information content (AvgIpc) is 2.53. The molecule has 0 spiro atoms. The van der Waals surface area contributed by atoms with E-state index in [0.29, 0.717) is 0 Å². The van der Waals surface area contributed by atoms with Crippen molar-refractivity contribution >= 4 is 10.0 Å². The molecule has 0 radical (unpaired) electrons. The van der Waals surface area contributed by atoms with E-state index in [-0.39, 0.29) is 22.4 Å². The number of sulfonamides is 1. The monoisotopic (exact) mass is 314 g/mol. The molecule has 1 atom stereocenters. The summed E-state index contributed by atoms with van der Waals surface area (Å²) in [5.41, 5.74) is 1.04. The molecule has 4 nitrogen and oxygen atoms in total. The summed E-state index contributed by atoms with van der Waals surface area (Å²) < 4.78 is 28.0. The van der Waals surface area contributed by atoms with Crippen molar-refractivity contribution < 1.29 is 8.42 Å². The minimum absolute atomic E-state index is 0.0130. The molecule has 0 aliphatic carbocycles.